The van der Waals surface area contributed by atoms with Crippen molar-refractivity contribution >= 4 is 53.1 Å². The number of aromatic nitrogens is 1. The van der Waals surface area contributed by atoms with Crippen LogP contribution < -0.4 is 15.4 Å². The van der Waals surface area contributed by atoms with Gasteiger partial charge >= 0.3 is 0 Å². The molecule has 2 N–H and O–H groups in total. The monoisotopic (exact) mass is 526 g/mol. The molecule has 0 spiro atoms. The van der Waals surface area contributed by atoms with Crippen LogP contribution in [-0.2, 0) is 12.0 Å². The fraction of sp³-hybridized carbons (Fsp3) is 0.444. The van der Waals surface area contributed by atoms with Crippen LogP contribution in [0.1, 0.15) is 32.4 Å². The summed E-state index contributed by atoms with van der Waals surface area (Å²) in [6, 6.07) is 5.28. The first kappa shape index (κ1) is 23.8. The quantitative estimate of drug-likeness (QED) is 0.248. The summed E-state index contributed by atoms with van der Waals surface area (Å²) >= 11 is 12.0. The molecule has 0 unspecified atom stereocenters. The van der Waals surface area contributed by atoms with Crippen LogP contribution >= 0.6 is 47.2 Å². The third-order valence-corrected chi connectivity index (χ3v) is 4.29. The van der Waals surface area contributed by atoms with Gasteiger partial charge in [-0.05, 0) is 12.1 Å². The van der Waals surface area contributed by atoms with Gasteiger partial charge in [-0.2, -0.15) is 0 Å². The smallest absolute Gasteiger partial charge is 0.213 e. The van der Waals surface area contributed by atoms with E-state index in [9.17, 15) is 0 Å². The topological polar surface area (TPSA) is 71.7 Å². The second-order valence-electron chi connectivity index (χ2n) is 6.62. The van der Waals surface area contributed by atoms with Crippen molar-refractivity contribution in [1.82, 2.24) is 15.6 Å². The Labute approximate surface area is 187 Å². The van der Waals surface area contributed by atoms with E-state index in [1.54, 1.807) is 31.4 Å². The molecule has 150 valence electrons. The zero-order valence-electron chi connectivity index (χ0n) is 15.8. The molecular formula is C18H25Cl2IN4O2. The predicted octanol–water partition coefficient (Wildman–Crippen LogP) is 4.64. The molecule has 0 aliphatic rings. The van der Waals surface area contributed by atoms with Crippen molar-refractivity contribution < 1.29 is 9.15 Å². The van der Waals surface area contributed by atoms with E-state index in [1.807, 2.05) is 0 Å². The van der Waals surface area contributed by atoms with Crippen LogP contribution in [0.5, 0.6) is 5.75 Å². The van der Waals surface area contributed by atoms with Gasteiger partial charge in [0.15, 0.2) is 5.96 Å². The zero-order chi connectivity index (χ0) is 19.2. The molecule has 0 saturated heterocycles. The Morgan fingerprint density at radius 1 is 1.26 bits per heavy atom. The molecule has 0 aliphatic carbocycles. The summed E-state index contributed by atoms with van der Waals surface area (Å²) in [5.74, 6) is 2.64. The van der Waals surface area contributed by atoms with E-state index in [4.69, 9.17) is 32.4 Å². The number of hydrogen-bond donors (Lipinski definition) is 2. The van der Waals surface area contributed by atoms with Crippen molar-refractivity contribution in [3.05, 3.63) is 46.1 Å². The standard InChI is InChI=1S/C18H24Cl2N4O2.HI/c1-18(2,3)14-10-23-15(26-14)11-24-17(21-4)22-8-9-25-13-7-5-6-12(19)16(13)20;/h5-7,10H,8-9,11H2,1-4H3,(H2,21,22,24);1H. The molecule has 0 radical (unpaired) electrons. The van der Waals surface area contributed by atoms with Crippen LogP contribution in [0, 0.1) is 0 Å². The van der Waals surface area contributed by atoms with Crippen LogP contribution in [0.25, 0.3) is 0 Å². The number of ether oxygens (including phenoxy) is 1. The average molecular weight is 527 g/mol. The van der Waals surface area contributed by atoms with E-state index in [2.05, 4.69) is 41.4 Å². The molecule has 6 nitrogen and oxygen atoms in total. The van der Waals surface area contributed by atoms with Gasteiger partial charge in [0.05, 0.1) is 24.3 Å². The number of hydrogen-bond acceptors (Lipinski definition) is 4. The van der Waals surface area contributed by atoms with Crippen LogP contribution in [0.15, 0.2) is 33.8 Å². The van der Waals surface area contributed by atoms with Crippen molar-refractivity contribution in [1.29, 1.82) is 0 Å². The SMILES string of the molecule is CN=C(NCCOc1cccc(Cl)c1Cl)NCc1ncc(C(C)(C)C)o1.I. The number of halogens is 3. The Kier molecular flexibility index (Phi) is 9.69. The molecule has 1 heterocycles. The van der Waals surface area contributed by atoms with Crippen molar-refractivity contribution in [3.63, 3.8) is 0 Å². The maximum Gasteiger partial charge on any atom is 0.213 e. The molecule has 0 fully saturated rings. The van der Waals surface area contributed by atoms with Gasteiger partial charge in [0, 0.05) is 12.5 Å². The Bertz CT molecular complexity index is 760. The van der Waals surface area contributed by atoms with E-state index >= 15 is 0 Å². The molecule has 0 bridgehead atoms. The number of oxazole rings is 1. The van der Waals surface area contributed by atoms with Gasteiger partial charge in [-0.3, -0.25) is 4.99 Å². The Hall–Kier alpha value is -1.19. The van der Waals surface area contributed by atoms with Crippen LogP contribution in [-0.4, -0.2) is 31.1 Å². The zero-order valence-corrected chi connectivity index (χ0v) is 19.6. The first-order valence-electron chi connectivity index (χ1n) is 8.27. The average Bonchev–Trinajstić information content (AvgIpc) is 3.07. The molecule has 2 rings (SSSR count). The molecule has 0 saturated carbocycles. The fourth-order valence-electron chi connectivity index (χ4n) is 2.04. The highest BCUT2D eigenvalue weighted by Crippen LogP contribution is 2.31. The molecule has 0 amide bonds. The van der Waals surface area contributed by atoms with E-state index in [0.717, 1.165) is 5.76 Å². The lowest BCUT2D eigenvalue weighted by atomic mass is 9.94. The summed E-state index contributed by atoms with van der Waals surface area (Å²) in [6.07, 6.45) is 1.76. The fourth-order valence-corrected chi connectivity index (χ4v) is 2.39. The van der Waals surface area contributed by atoms with Gasteiger partial charge in [-0.25, -0.2) is 4.98 Å². The van der Waals surface area contributed by atoms with Crippen molar-refractivity contribution in [2.75, 3.05) is 20.2 Å². The lowest BCUT2D eigenvalue weighted by Crippen LogP contribution is -2.38. The molecule has 0 atom stereocenters. The molecule has 1 aromatic heterocycles. The van der Waals surface area contributed by atoms with Crippen molar-refractivity contribution in [2.45, 2.75) is 32.7 Å². The highest BCUT2D eigenvalue weighted by molar-refractivity contribution is 14.0. The number of nitrogens with one attached hydrogen (secondary N) is 2. The number of nitrogens with zero attached hydrogens (tertiary/aromatic N) is 2. The van der Waals surface area contributed by atoms with E-state index < -0.39 is 0 Å². The molecule has 27 heavy (non-hydrogen) atoms. The number of rotatable bonds is 6. The summed E-state index contributed by atoms with van der Waals surface area (Å²) in [5, 5.41) is 7.18. The van der Waals surface area contributed by atoms with E-state index in [-0.39, 0.29) is 29.4 Å². The van der Waals surface area contributed by atoms with E-state index in [0.29, 0.717) is 47.3 Å². The van der Waals surface area contributed by atoms with Crippen molar-refractivity contribution in [3.8, 4) is 5.75 Å². The predicted molar refractivity (Wildman–Crippen MR) is 121 cm³/mol. The van der Waals surface area contributed by atoms with Crippen LogP contribution in [0.3, 0.4) is 0 Å². The minimum atomic E-state index is -0.0654. The van der Waals surface area contributed by atoms with Crippen molar-refractivity contribution in [2.24, 2.45) is 4.99 Å². The van der Waals surface area contributed by atoms with Crippen LogP contribution in [0.2, 0.25) is 10.0 Å². The second-order valence-corrected chi connectivity index (χ2v) is 7.41. The Balaban J connectivity index is 0.00000364. The number of aliphatic imine (C=N–C) groups is 1. The summed E-state index contributed by atoms with van der Waals surface area (Å²) in [5.41, 5.74) is -0.0654. The van der Waals surface area contributed by atoms with Gasteiger partial charge < -0.3 is 19.8 Å². The normalized spacial score (nSPS) is 11.7. The van der Waals surface area contributed by atoms with Gasteiger partial charge in [0.25, 0.3) is 0 Å². The van der Waals surface area contributed by atoms with E-state index in [1.165, 1.54) is 0 Å². The summed E-state index contributed by atoms with van der Waals surface area (Å²) in [6.45, 7) is 7.64. The summed E-state index contributed by atoms with van der Waals surface area (Å²) in [7, 11) is 1.69. The third kappa shape index (κ3) is 7.38. The minimum Gasteiger partial charge on any atom is -0.490 e. The number of benzene rings is 1. The maximum absolute atomic E-state index is 6.08. The van der Waals surface area contributed by atoms with Gasteiger partial charge in [-0.1, -0.05) is 50.0 Å². The minimum absolute atomic E-state index is 0. The lowest BCUT2D eigenvalue weighted by molar-refractivity contribution is 0.322. The second kappa shape index (κ2) is 11.0. The molecule has 2 aromatic rings. The van der Waals surface area contributed by atoms with Gasteiger partial charge in [-0.15, -0.1) is 24.0 Å². The largest absolute Gasteiger partial charge is 0.490 e. The molecule has 9 heteroatoms. The van der Waals surface area contributed by atoms with Gasteiger partial charge in [0.1, 0.15) is 23.1 Å². The van der Waals surface area contributed by atoms with Crippen LogP contribution in [0.4, 0.5) is 0 Å². The molecule has 1 aromatic carbocycles. The Morgan fingerprint density at radius 3 is 2.63 bits per heavy atom. The first-order valence-corrected chi connectivity index (χ1v) is 9.03. The molecule has 0 aliphatic heterocycles. The number of guanidine groups is 1. The molecular weight excluding hydrogens is 502 g/mol. The Morgan fingerprint density at radius 2 is 2.00 bits per heavy atom. The summed E-state index contributed by atoms with van der Waals surface area (Å²) in [4.78, 5) is 8.44. The third-order valence-electron chi connectivity index (χ3n) is 3.49. The highest BCUT2D eigenvalue weighted by atomic mass is 127. The summed E-state index contributed by atoms with van der Waals surface area (Å²) < 4.78 is 11.4. The maximum atomic E-state index is 6.08. The van der Waals surface area contributed by atoms with Gasteiger partial charge in [0.2, 0.25) is 5.89 Å². The highest BCUT2D eigenvalue weighted by Gasteiger charge is 2.19. The first-order chi connectivity index (χ1) is 12.3. The lowest BCUT2D eigenvalue weighted by Gasteiger charge is -2.14.